The Morgan fingerprint density at radius 3 is 2.50 bits per heavy atom. The molecule has 0 bridgehead atoms. The minimum Gasteiger partial charge on any atom is -0.398 e. The predicted octanol–water partition coefficient (Wildman–Crippen LogP) is 2.36. The number of nitrogen functional groups attached to an aromatic ring is 1. The fourth-order valence-corrected chi connectivity index (χ4v) is 3.12. The van der Waals surface area contributed by atoms with Gasteiger partial charge in [-0.3, -0.25) is 0 Å². The minimum absolute atomic E-state index is 0.0517. The van der Waals surface area contributed by atoms with Crippen LogP contribution in [0.15, 0.2) is 23.1 Å². The lowest BCUT2D eigenvalue weighted by Crippen LogP contribution is -2.27. The molecule has 0 radical (unpaired) electrons. The van der Waals surface area contributed by atoms with Crippen molar-refractivity contribution in [2.75, 3.05) is 18.0 Å². The van der Waals surface area contributed by atoms with E-state index in [1.165, 1.54) is 12.1 Å². The zero-order valence-electron chi connectivity index (χ0n) is 10.7. The largest absolute Gasteiger partial charge is 0.441 e. The summed E-state index contributed by atoms with van der Waals surface area (Å²) in [5.74, 6) is -0.384. The van der Waals surface area contributed by atoms with Gasteiger partial charge in [0.05, 0.1) is 4.90 Å². The third-order valence-electron chi connectivity index (χ3n) is 2.47. The molecule has 0 saturated heterocycles. The number of benzene rings is 1. The first kappa shape index (κ1) is 17.1. The maximum atomic E-state index is 11.9. The Hall–Kier alpha value is -0.930. The number of hydrogen-bond donors (Lipinski definition) is 2. The molecule has 20 heavy (non-hydrogen) atoms. The van der Waals surface area contributed by atoms with E-state index in [0.29, 0.717) is 12.1 Å². The van der Waals surface area contributed by atoms with Gasteiger partial charge in [-0.15, -0.1) is 0 Å². The van der Waals surface area contributed by atoms with E-state index < -0.39 is 15.5 Å². The van der Waals surface area contributed by atoms with Gasteiger partial charge in [0.15, 0.2) is 0 Å². The van der Waals surface area contributed by atoms with E-state index in [-0.39, 0.29) is 29.0 Å². The van der Waals surface area contributed by atoms with Crippen molar-refractivity contribution >= 4 is 27.5 Å². The standard InChI is InChI=1S/C11H15F3N2O2S2/c1-2-8-3-4-9(7-10(8)15)20(17,18)16-5-6-19-11(12,13)14/h3-4,7,16H,2,5-6,15H2,1H3. The highest BCUT2D eigenvalue weighted by molar-refractivity contribution is 8.00. The number of thioether (sulfide) groups is 1. The number of nitrogens with two attached hydrogens (primary N) is 1. The molecule has 0 heterocycles. The fraction of sp³-hybridized carbons (Fsp3) is 0.455. The lowest BCUT2D eigenvalue weighted by molar-refractivity contribution is -0.0327. The predicted molar refractivity (Wildman–Crippen MR) is 73.9 cm³/mol. The van der Waals surface area contributed by atoms with E-state index in [0.717, 1.165) is 5.56 Å². The van der Waals surface area contributed by atoms with E-state index in [9.17, 15) is 21.6 Å². The molecule has 0 spiro atoms. The van der Waals surface area contributed by atoms with Crippen LogP contribution < -0.4 is 10.5 Å². The summed E-state index contributed by atoms with van der Waals surface area (Å²) >= 11 is -0.273. The van der Waals surface area contributed by atoms with Gasteiger partial charge in [-0.05, 0) is 35.9 Å². The van der Waals surface area contributed by atoms with Crippen molar-refractivity contribution in [3.63, 3.8) is 0 Å². The molecule has 0 saturated carbocycles. The molecule has 0 aliphatic heterocycles. The minimum atomic E-state index is -4.36. The lowest BCUT2D eigenvalue weighted by Gasteiger charge is -2.10. The van der Waals surface area contributed by atoms with Crippen LogP contribution in [0.25, 0.3) is 0 Å². The normalized spacial score (nSPS) is 12.6. The summed E-state index contributed by atoms with van der Waals surface area (Å²) in [5.41, 5.74) is 2.50. The van der Waals surface area contributed by atoms with Crippen molar-refractivity contribution in [1.82, 2.24) is 4.72 Å². The van der Waals surface area contributed by atoms with Crippen molar-refractivity contribution < 1.29 is 21.6 Å². The second kappa shape index (κ2) is 6.68. The number of sulfonamides is 1. The zero-order chi connectivity index (χ0) is 15.4. The van der Waals surface area contributed by atoms with Crippen LogP contribution in [0.3, 0.4) is 0 Å². The summed E-state index contributed by atoms with van der Waals surface area (Å²) in [6.45, 7) is 1.58. The fourth-order valence-electron chi connectivity index (χ4n) is 1.49. The molecule has 0 aliphatic rings. The average molecular weight is 328 g/mol. The highest BCUT2D eigenvalue weighted by Gasteiger charge is 2.27. The van der Waals surface area contributed by atoms with Crippen LogP contribution in [0.1, 0.15) is 12.5 Å². The smallest absolute Gasteiger partial charge is 0.398 e. The molecule has 1 aromatic rings. The third-order valence-corrected chi connectivity index (χ3v) is 4.66. The number of anilines is 1. The Morgan fingerprint density at radius 1 is 1.35 bits per heavy atom. The number of aryl methyl sites for hydroxylation is 1. The summed E-state index contributed by atoms with van der Waals surface area (Å²) < 4.78 is 61.5. The van der Waals surface area contributed by atoms with Gasteiger partial charge in [-0.1, -0.05) is 13.0 Å². The molecule has 0 fully saturated rings. The first-order chi connectivity index (χ1) is 9.15. The Bertz CT molecular complexity index is 559. The molecule has 1 aromatic carbocycles. The van der Waals surface area contributed by atoms with Crippen molar-refractivity contribution in [2.24, 2.45) is 0 Å². The van der Waals surface area contributed by atoms with E-state index in [1.807, 2.05) is 6.92 Å². The van der Waals surface area contributed by atoms with Gasteiger partial charge in [0.1, 0.15) is 0 Å². The molecular formula is C11H15F3N2O2S2. The Kier molecular flexibility index (Phi) is 5.72. The van der Waals surface area contributed by atoms with E-state index in [1.54, 1.807) is 6.07 Å². The van der Waals surface area contributed by atoms with Crippen molar-refractivity contribution in [3.05, 3.63) is 23.8 Å². The Balaban J connectivity index is 2.67. The molecule has 1 rings (SSSR count). The second-order valence-corrected chi connectivity index (χ2v) is 6.83. The van der Waals surface area contributed by atoms with E-state index in [2.05, 4.69) is 4.72 Å². The first-order valence-electron chi connectivity index (χ1n) is 5.74. The summed E-state index contributed by atoms with van der Waals surface area (Å²) in [6, 6.07) is 4.28. The number of nitrogens with one attached hydrogen (secondary N) is 1. The topological polar surface area (TPSA) is 72.2 Å². The van der Waals surface area contributed by atoms with Crippen LogP contribution in [0.2, 0.25) is 0 Å². The van der Waals surface area contributed by atoms with Gasteiger partial charge in [0.25, 0.3) is 0 Å². The first-order valence-corrected chi connectivity index (χ1v) is 8.21. The van der Waals surface area contributed by atoms with E-state index in [4.69, 9.17) is 5.73 Å². The molecule has 114 valence electrons. The molecule has 0 atom stereocenters. The lowest BCUT2D eigenvalue weighted by atomic mass is 10.1. The SMILES string of the molecule is CCc1ccc(S(=O)(=O)NCCSC(F)(F)F)cc1N. The van der Waals surface area contributed by atoms with Crippen LogP contribution >= 0.6 is 11.8 Å². The highest BCUT2D eigenvalue weighted by Crippen LogP contribution is 2.29. The molecule has 3 N–H and O–H groups in total. The molecule has 0 amide bonds. The van der Waals surface area contributed by atoms with E-state index >= 15 is 0 Å². The number of alkyl halides is 3. The van der Waals surface area contributed by atoms with Gasteiger partial charge in [-0.25, -0.2) is 13.1 Å². The summed E-state index contributed by atoms with van der Waals surface area (Å²) in [4.78, 5) is -0.0517. The number of rotatable bonds is 6. The highest BCUT2D eigenvalue weighted by atomic mass is 32.2. The molecule has 9 heteroatoms. The molecule has 4 nitrogen and oxygen atoms in total. The average Bonchev–Trinajstić information content (AvgIpc) is 2.33. The van der Waals surface area contributed by atoms with Crippen LogP contribution in [0.4, 0.5) is 18.9 Å². The Morgan fingerprint density at radius 2 is 2.00 bits per heavy atom. The van der Waals surface area contributed by atoms with Crippen LogP contribution in [-0.4, -0.2) is 26.2 Å². The summed E-state index contributed by atoms with van der Waals surface area (Å²) in [6.07, 6.45) is 0.668. The van der Waals surface area contributed by atoms with Crippen molar-refractivity contribution in [2.45, 2.75) is 23.7 Å². The van der Waals surface area contributed by atoms with Gasteiger partial charge >= 0.3 is 5.51 Å². The van der Waals surface area contributed by atoms with Crippen LogP contribution in [0.5, 0.6) is 0 Å². The zero-order valence-corrected chi connectivity index (χ0v) is 12.3. The quantitative estimate of drug-likeness (QED) is 0.621. The van der Waals surface area contributed by atoms with Gasteiger partial charge in [0, 0.05) is 18.0 Å². The van der Waals surface area contributed by atoms with Gasteiger partial charge in [-0.2, -0.15) is 13.2 Å². The molecule has 0 aromatic heterocycles. The second-order valence-electron chi connectivity index (χ2n) is 3.91. The van der Waals surface area contributed by atoms with Gasteiger partial charge in [0.2, 0.25) is 10.0 Å². The third kappa shape index (κ3) is 5.22. The maximum Gasteiger partial charge on any atom is 0.441 e. The summed E-state index contributed by atoms with van der Waals surface area (Å²) in [7, 11) is -3.84. The number of hydrogen-bond acceptors (Lipinski definition) is 4. The van der Waals surface area contributed by atoms with Gasteiger partial charge < -0.3 is 5.73 Å². The molecule has 0 unspecified atom stereocenters. The number of halogens is 3. The monoisotopic (exact) mass is 328 g/mol. The van der Waals surface area contributed by atoms with Crippen LogP contribution in [0, 0.1) is 0 Å². The van der Waals surface area contributed by atoms with Crippen molar-refractivity contribution in [1.29, 1.82) is 0 Å². The maximum absolute atomic E-state index is 11.9. The molecular weight excluding hydrogens is 313 g/mol. The Labute approximate surface area is 120 Å². The molecule has 0 aliphatic carbocycles. The van der Waals surface area contributed by atoms with Crippen molar-refractivity contribution in [3.8, 4) is 0 Å². The summed E-state index contributed by atoms with van der Waals surface area (Å²) in [5, 5.41) is 0. The van der Waals surface area contributed by atoms with Crippen LogP contribution in [-0.2, 0) is 16.4 Å².